The van der Waals surface area contributed by atoms with Crippen molar-refractivity contribution in [1.82, 2.24) is 10.2 Å². The second kappa shape index (κ2) is 6.69. The van der Waals surface area contributed by atoms with Crippen LogP contribution in [-0.2, 0) is 0 Å². The monoisotopic (exact) mass is 269 g/mol. The van der Waals surface area contributed by atoms with E-state index in [4.69, 9.17) is 5.11 Å². The van der Waals surface area contributed by atoms with Gasteiger partial charge in [0, 0.05) is 18.8 Å². The summed E-state index contributed by atoms with van der Waals surface area (Å²) in [5, 5.41) is 13.7. The Balaban J connectivity index is 2.55. The second-order valence-electron chi connectivity index (χ2n) is 4.18. The van der Waals surface area contributed by atoms with Crippen LogP contribution in [0.3, 0.4) is 0 Å². The van der Waals surface area contributed by atoms with E-state index in [-0.39, 0.29) is 5.69 Å². The summed E-state index contributed by atoms with van der Waals surface area (Å²) >= 11 is 0. The zero-order valence-corrected chi connectivity index (χ0v) is 10.7. The lowest BCUT2D eigenvalue weighted by atomic mass is 10.2. The third-order valence-electron chi connectivity index (χ3n) is 2.30. The van der Waals surface area contributed by atoms with Crippen molar-refractivity contribution in [1.29, 1.82) is 0 Å². The summed E-state index contributed by atoms with van der Waals surface area (Å²) in [5.41, 5.74) is -0.233. The number of anilines is 1. The molecule has 104 valence electrons. The Labute approximate surface area is 110 Å². The van der Waals surface area contributed by atoms with Crippen LogP contribution in [-0.4, -0.2) is 49.2 Å². The molecule has 0 aliphatic heterocycles. The minimum absolute atomic E-state index is 0.199. The van der Waals surface area contributed by atoms with Crippen LogP contribution < -0.4 is 10.6 Å². The van der Waals surface area contributed by atoms with Crippen LogP contribution >= 0.6 is 0 Å². The zero-order chi connectivity index (χ0) is 14.4. The fraction of sp³-hybridized carbons (Fsp3) is 0.333. The maximum Gasteiger partial charge on any atom is 0.338 e. The van der Waals surface area contributed by atoms with E-state index in [2.05, 4.69) is 10.6 Å². The van der Waals surface area contributed by atoms with Crippen molar-refractivity contribution in [3.63, 3.8) is 0 Å². The fourth-order valence-corrected chi connectivity index (χ4v) is 1.33. The molecule has 7 heteroatoms. The normalized spacial score (nSPS) is 10.3. The highest BCUT2D eigenvalue weighted by Gasteiger charge is 2.11. The first-order chi connectivity index (χ1) is 8.90. The number of carbonyl (C=O) groups is 2. The Hall–Kier alpha value is -2.15. The van der Waals surface area contributed by atoms with Crippen molar-refractivity contribution in [2.45, 2.75) is 0 Å². The highest BCUT2D eigenvalue weighted by molar-refractivity contribution is 5.91. The van der Waals surface area contributed by atoms with Crippen LogP contribution in [0.1, 0.15) is 10.4 Å². The van der Waals surface area contributed by atoms with Gasteiger partial charge in [0.2, 0.25) is 0 Å². The Morgan fingerprint density at radius 1 is 1.37 bits per heavy atom. The van der Waals surface area contributed by atoms with E-state index in [1.54, 1.807) is 0 Å². The maximum absolute atomic E-state index is 13.3. The number of aromatic carboxylic acids is 1. The van der Waals surface area contributed by atoms with E-state index < -0.39 is 23.4 Å². The predicted molar refractivity (Wildman–Crippen MR) is 68.9 cm³/mol. The maximum atomic E-state index is 13.3. The molecule has 1 aromatic rings. The van der Waals surface area contributed by atoms with E-state index >= 15 is 0 Å². The number of benzene rings is 1. The lowest BCUT2D eigenvalue weighted by Crippen LogP contribution is -2.34. The highest BCUT2D eigenvalue weighted by atomic mass is 19.1. The van der Waals surface area contributed by atoms with Gasteiger partial charge >= 0.3 is 12.0 Å². The Morgan fingerprint density at radius 3 is 2.58 bits per heavy atom. The number of halogens is 1. The summed E-state index contributed by atoms with van der Waals surface area (Å²) in [4.78, 5) is 24.0. The summed E-state index contributed by atoms with van der Waals surface area (Å²) in [5.74, 6) is -2.24. The molecule has 0 aliphatic carbocycles. The highest BCUT2D eigenvalue weighted by Crippen LogP contribution is 2.14. The molecule has 0 bridgehead atoms. The van der Waals surface area contributed by atoms with Crippen LogP contribution in [0.25, 0.3) is 0 Å². The molecule has 1 rings (SSSR count). The molecule has 0 atom stereocenters. The van der Waals surface area contributed by atoms with Gasteiger partial charge in [0.1, 0.15) is 5.82 Å². The van der Waals surface area contributed by atoms with Crippen molar-refractivity contribution in [2.75, 3.05) is 32.5 Å². The van der Waals surface area contributed by atoms with Crippen LogP contribution in [0, 0.1) is 5.82 Å². The number of nitrogens with one attached hydrogen (secondary N) is 2. The van der Waals surface area contributed by atoms with E-state index in [1.807, 2.05) is 19.0 Å². The molecule has 0 aromatic heterocycles. The first kappa shape index (κ1) is 14.9. The van der Waals surface area contributed by atoms with Crippen LogP contribution in [0.15, 0.2) is 18.2 Å². The number of rotatable bonds is 5. The molecule has 2 amide bonds. The summed E-state index contributed by atoms with van der Waals surface area (Å²) in [6, 6.07) is 2.93. The average molecular weight is 269 g/mol. The van der Waals surface area contributed by atoms with E-state index in [1.165, 1.54) is 6.07 Å². The van der Waals surface area contributed by atoms with Gasteiger partial charge in [-0.25, -0.2) is 14.0 Å². The quantitative estimate of drug-likeness (QED) is 0.750. The van der Waals surface area contributed by atoms with Gasteiger partial charge in [0.25, 0.3) is 0 Å². The molecule has 0 aliphatic rings. The summed E-state index contributed by atoms with van der Waals surface area (Å²) < 4.78 is 13.3. The van der Waals surface area contributed by atoms with Crippen molar-refractivity contribution in [3.05, 3.63) is 29.6 Å². The van der Waals surface area contributed by atoms with Gasteiger partial charge in [-0.3, -0.25) is 0 Å². The van der Waals surface area contributed by atoms with Gasteiger partial charge < -0.3 is 20.6 Å². The van der Waals surface area contributed by atoms with Crippen LogP contribution in [0.5, 0.6) is 0 Å². The van der Waals surface area contributed by atoms with Gasteiger partial charge in [-0.2, -0.15) is 0 Å². The molecule has 0 spiro atoms. The average Bonchev–Trinajstić information content (AvgIpc) is 2.27. The topological polar surface area (TPSA) is 81.7 Å². The third kappa shape index (κ3) is 4.92. The number of urea groups is 1. The Kier molecular flexibility index (Phi) is 5.25. The standard InChI is InChI=1S/C12H16FN3O3/c1-16(2)6-5-14-12(19)15-8-3-4-9(11(17)18)10(13)7-8/h3-4,7H,5-6H2,1-2H3,(H,17,18)(H2,14,15,19). The predicted octanol–water partition coefficient (Wildman–Crippen LogP) is 1.21. The summed E-state index contributed by atoms with van der Waals surface area (Å²) in [6.07, 6.45) is 0. The number of carbonyl (C=O) groups excluding carboxylic acids is 1. The van der Waals surface area contributed by atoms with Crippen LogP contribution in [0.2, 0.25) is 0 Å². The van der Waals surface area contributed by atoms with Crippen molar-refractivity contribution < 1.29 is 19.1 Å². The molecule has 6 nitrogen and oxygen atoms in total. The number of hydrogen-bond acceptors (Lipinski definition) is 3. The largest absolute Gasteiger partial charge is 0.478 e. The molecule has 0 unspecified atom stereocenters. The number of carboxylic acids is 1. The van der Waals surface area contributed by atoms with E-state index in [0.29, 0.717) is 13.1 Å². The van der Waals surface area contributed by atoms with Crippen molar-refractivity contribution >= 4 is 17.7 Å². The van der Waals surface area contributed by atoms with Gasteiger partial charge in [-0.1, -0.05) is 0 Å². The van der Waals surface area contributed by atoms with E-state index in [0.717, 1.165) is 12.1 Å². The molecule has 19 heavy (non-hydrogen) atoms. The number of amides is 2. The number of likely N-dealkylation sites (N-methyl/N-ethyl adjacent to an activating group) is 1. The van der Waals surface area contributed by atoms with Crippen molar-refractivity contribution in [3.8, 4) is 0 Å². The molecular weight excluding hydrogens is 253 g/mol. The molecule has 0 fully saturated rings. The van der Waals surface area contributed by atoms with Crippen molar-refractivity contribution in [2.24, 2.45) is 0 Å². The Bertz CT molecular complexity index is 477. The molecule has 0 radical (unpaired) electrons. The second-order valence-corrected chi connectivity index (χ2v) is 4.18. The smallest absolute Gasteiger partial charge is 0.338 e. The minimum atomic E-state index is -1.35. The van der Waals surface area contributed by atoms with Crippen LogP contribution in [0.4, 0.5) is 14.9 Å². The van der Waals surface area contributed by atoms with Gasteiger partial charge in [-0.15, -0.1) is 0 Å². The SMILES string of the molecule is CN(C)CCNC(=O)Nc1ccc(C(=O)O)c(F)c1. The fourth-order valence-electron chi connectivity index (χ4n) is 1.33. The van der Waals surface area contributed by atoms with E-state index in [9.17, 15) is 14.0 Å². The molecule has 0 saturated carbocycles. The molecule has 3 N–H and O–H groups in total. The lowest BCUT2D eigenvalue weighted by Gasteiger charge is -2.11. The molecule has 0 heterocycles. The van der Waals surface area contributed by atoms with Gasteiger partial charge in [0.05, 0.1) is 5.56 Å². The third-order valence-corrected chi connectivity index (χ3v) is 2.30. The zero-order valence-electron chi connectivity index (χ0n) is 10.7. The number of nitrogens with zero attached hydrogens (tertiary/aromatic N) is 1. The van der Waals surface area contributed by atoms with Gasteiger partial charge in [0.15, 0.2) is 0 Å². The summed E-state index contributed by atoms with van der Waals surface area (Å²) in [7, 11) is 3.75. The molecule has 1 aromatic carbocycles. The first-order valence-electron chi connectivity index (χ1n) is 5.62. The lowest BCUT2D eigenvalue weighted by molar-refractivity contribution is 0.0692. The number of hydrogen-bond donors (Lipinski definition) is 3. The number of carboxylic acid groups (broad SMARTS) is 1. The first-order valence-corrected chi connectivity index (χ1v) is 5.62. The minimum Gasteiger partial charge on any atom is -0.478 e. The molecule has 0 saturated heterocycles. The molecular formula is C12H16FN3O3. The Morgan fingerprint density at radius 2 is 2.05 bits per heavy atom. The van der Waals surface area contributed by atoms with Gasteiger partial charge in [-0.05, 0) is 32.3 Å². The summed E-state index contributed by atoms with van der Waals surface area (Å²) in [6.45, 7) is 1.13.